The molecule has 2 N–H and O–H groups in total. The van der Waals surface area contributed by atoms with Crippen LogP contribution in [0.4, 0.5) is 0 Å². The topological polar surface area (TPSA) is 53.7 Å². The zero-order valence-electron chi connectivity index (χ0n) is 14.0. The van der Waals surface area contributed by atoms with Crippen molar-refractivity contribution >= 4 is 8.80 Å². The Bertz CT molecular complexity index is 200. The lowest BCUT2D eigenvalue weighted by molar-refractivity contribution is 0.0702. The first-order valence-electron chi connectivity index (χ1n) is 8.31. The van der Waals surface area contributed by atoms with Crippen molar-refractivity contribution in [3.63, 3.8) is 0 Å². The number of rotatable bonds is 14. The van der Waals surface area contributed by atoms with Gasteiger partial charge in [-0.15, -0.1) is 0 Å². The number of unbranched alkanes of at least 4 members (excludes halogenated alkanes) is 3. The van der Waals surface area contributed by atoms with Crippen LogP contribution >= 0.6 is 0 Å². The standard InChI is InChI=1S/C15H35NO3Si/c1-5-9-10-11-12-15(16)13-14-20(17-6-2,18-7-3)19-8-4/h15H,5-14,16H2,1-4H3. The highest BCUT2D eigenvalue weighted by Gasteiger charge is 2.40. The minimum Gasteiger partial charge on any atom is -0.374 e. The average molecular weight is 306 g/mol. The summed E-state index contributed by atoms with van der Waals surface area (Å²) >= 11 is 0. The van der Waals surface area contributed by atoms with E-state index >= 15 is 0 Å². The quantitative estimate of drug-likeness (QED) is 0.392. The highest BCUT2D eigenvalue weighted by molar-refractivity contribution is 6.60. The molecule has 0 aromatic rings. The molecule has 0 spiro atoms. The molecule has 0 aliphatic rings. The molecule has 0 saturated heterocycles. The van der Waals surface area contributed by atoms with Crippen LogP contribution in [0.25, 0.3) is 0 Å². The van der Waals surface area contributed by atoms with E-state index in [-0.39, 0.29) is 6.04 Å². The van der Waals surface area contributed by atoms with E-state index in [1.807, 2.05) is 20.8 Å². The van der Waals surface area contributed by atoms with Gasteiger partial charge in [0.25, 0.3) is 0 Å². The lowest BCUT2D eigenvalue weighted by atomic mass is 10.1. The van der Waals surface area contributed by atoms with Crippen molar-refractivity contribution in [2.75, 3.05) is 19.8 Å². The highest BCUT2D eigenvalue weighted by atomic mass is 28.4. The Hall–Kier alpha value is 0.0569. The maximum absolute atomic E-state index is 6.21. The van der Waals surface area contributed by atoms with Gasteiger partial charge in [0.1, 0.15) is 0 Å². The van der Waals surface area contributed by atoms with E-state index in [1.165, 1.54) is 25.7 Å². The molecule has 1 unspecified atom stereocenters. The predicted octanol–water partition coefficient (Wildman–Crippen LogP) is 3.72. The molecule has 122 valence electrons. The first-order chi connectivity index (χ1) is 9.64. The van der Waals surface area contributed by atoms with Gasteiger partial charge in [0.15, 0.2) is 0 Å². The van der Waals surface area contributed by atoms with Crippen molar-refractivity contribution in [2.45, 2.75) is 78.3 Å². The molecule has 0 aliphatic heterocycles. The molecule has 0 amide bonds. The number of hydrogen-bond acceptors (Lipinski definition) is 4. The smallest absolute Gasteiger partial charge is 0.374 e. The fourth-order valence-electron chi connectivity index (χ4n) is 2.34. The van der Waals surface area contributed by atoms with Crippen molar-refractivity contribution in [3.05, 3.63) is 0 Å². The van der Waals surface area contributed by atoms with Crippen LogP contribution in [0.1, 0.15) is 66.2 Å². The van der Waals surface area contributed by atoms with Gasteiger partial charge in [0.05, 0.1) is 0 Å². The Kier molecular flexibility index (Phi) is 12.8. The van der Waals surface area contributed by atoms with Gasteiger partial charge in [-0.2, -0.15) is 0 Å². The van der Waals surface area contributed by atoms with Crippen LogP contribution in [0.2, 0.25) is 6.04 Å². The van der Waals surface area contributed by atoms with E-state index in [4.69, 9.17) is 19.0 Å². The van der Waals surface area contributed by atoms with Gasteiger partial charge in [-0.3, -0.25) is 0 Å². The van der Waals surface area contributed by atoms with E-state index in [9.17, 15) is 0 Å². The number of hydrogen-bond donors (Lipinski definition) is 1. The first-order valence-corrected chi connectivity index (χ1v) is 10.2. The Morgan fingerprint density at radius 1 is 0.800 bits per heavy atom. The van der Waals surface area contributed by atoms with Crippen LogP contribution in [-0.2, 0) is 13.3 Å². The summed E-state index contributed by atoms with van der Waals surface area (Å²) < 4.78 is 17.5. The van der Waals surface area contributed by atoms with Gasteiger partial charge in [-0.05, 0) is 33.6 Å². The van der Waals surface area contributed by atoms with Crippen LogP contribution in [0.5, 0.6) is 0 Å². The lowest BCUT2D eigenvalue weighted by Gasteiger charge is -2.29. The first kappa shape index (κ1) is 20.1. The molecule has 0 aromatic heterocycles. The normalized spacial score (nSPS) is 13.7. The summed E-state index contributed by atoms with van der Waals surface area (Å²) in [6.45, 7) is 10.1. The molecule has 5 heteroatoms. The van der Waals surface area contributed by atoms with E-state index in [1.54, 1.807) is 0 Å². The molecular formula is C15H35NO3Si. The summed E-state index contributed by atoms with van der Waals surface area (Å²) in [6, 6.07) is 1.07. The maximum Gasteiger partial charge on any atom is 0.500 e. The van der Waals surface area contributed by atoms with Crippen LogP contribution in [-0.4, -0.2) is 34.7 Å². The van der Waals surface area contributed by atoms with E-state index in [0.29, 0.717) is 19.8 Å². The molecule has 0 aromatic carbocycles. The van der Waals surface area contributed by atoms with Gasteiger partial charge in [0.2, 0.25) is 0 Å². The summed E-state index contributed by atoms with van der Waals surface area (Å²) in [5.41, 5.74) is 6.21. The Morgan fingerprint density at radius 2 is 1.35 bits per heavy atom. The van der Waals surface area contributed by atoms with E-state index < -0.39 is 8.80 Å². The SMILES string of the molecule is CCCCCCC(N)CC[Si](OCC)(OCC)OCC. The monoisotopic (exact) mass is 305 g/mol. The van der Waals surface area contributed by atoms with Crippen molar-refractivity contribution in [3.8, 4) is 0 Å². The lowest BCUT2D eigenvalue weighted by Crippen LogP contribution is -2.46. The molecule has 0 radical (unpaired) electrons. The second kappa shape index (κ2) is 12.8. The Balaban J connectivity index is 4.14. The third kappa shape index (κ3) is 9.08. The maximum atomic E-state index is 6.21. The molecule has 0 aliphatic carbocycles. The average Bonchev–Trinajstić information content (AvgIpc) is 2.42. The molecule has 0 rings (SSSR count). The molecule has 0 bridgehead atoms. The molecule has 1 atom stereocenters. The third-order valence-electron chi connectivity index (χ3n) is 3.34. The minimum atomic E-state index is -2.49. The summed E-state index contributed by atoms with van der Waals surface area (Å²) in [4.78, 5) is 0. The zero-order chi connectivity index (χ0) is 15.3. The van der Waals surface area contributed by atoms with Crippen molar-refractivity contribution in [2.24, 2.45) is 5.73 Å². The Labute approximate surface area is 126 Å². The van der Waals surface area contributed by atoms with Gasteiger partial charge in [-0.1, -0.05) is 32.6 Å². The van der Waals surface area contributed by atoms with Crippen molar-refractivity contribution in [1.82, 2.24) is 0 Å². The third-order valence-corrected chi connectivity index (χ3v) is 6.43. The molecular weight excluding hydrogens is 270 g/mol. The van der Waals surface area contributed by atoms with Crippen LogP contribution in [0, 0.1) is 0 Å². The summed E-state index contributed by atoms with van der Waals surface area (Å²) in [5.74, 6) is 0. The minimum absolute atomic E-state index is 0.236. The van der Waals surface area contributed by atoms with E-state index in [0.717, 1.165) is 18.9 Å². The molecule has 0 saturated carbocycles. The van der Waals surface area contributed by atoms with Gasteiger partial charge < -0.3 is 19.0 Å². The fourth-order valence-corrected chi connectivity index (χ4v) is 5.07. The fraction of sp³-hybridized carbons (Fsp3) is 1.00. The van der Waals surface area contributed by atoms with Gasteiger partial charge >= 0.3 is 8.80 Å². The second-order valence-electron chi connectivity index (χ2n) is 5.13. The number of nitrogens with two attached hydrogens (primary N) is 1. The summed E-state index contributed by atoms with van der Waals surface area (Å²) in [6.07, 6.45) is 7.11. The summed E-state index contributed by atoms with van der Waals surface area (Å²) in [7, 11) is -2.49. The van der Waals surface area contributed by atoms with E-state index in [2.05, 4.69) is 6.92 Å². The molecule has 4 nitrogen and oxygen atoms in total. The Morgan fingerprint density at radius 3 is 1.80 bits per heavy atom. The van der Waals surface area contributed by atoms with Gasteiger partial charge in [-0.25, -0.2) is 0 Å². The zero-order valence-corrected chi connectivity index (χ0v) is 15.0. The molecule has 0 fully saturated rings. The second-order valence-corrected chi connectivity index (χ2v) is 7.86. The van der Waals surface area contributed by atoms with Crippen LogP contribution in [0.15, 0.2) is 0 Å². The van der Waals surface area contributed by atoms with Gasteiger partial charge in [0, 0.05) is 31.9 Å². The van der Waals surface area contributed by atoms with Crippen LogP contribution in [0.3, 0.4) is 0 Å². The van der Waals surface area contributed by atoms with Crippen LogP contribution < -0.4 is 5.73 Å². The predicted molar refractivity (Wildman–Crippen MR) is 86.8 cm³/mol. The molecule has 20 heavy (non-hydrogen) atoms. The molecule has 0 heterocycles. The van der Waals surface area contributed by atoms with Crippen molar-refractivity contribution < 1.29 is 13.3 Å². The summed E-state index contributed by atoms with van der Waals surface area (Å²) in [5, 5.41) is 0. The highest BCUT2D eigenvalue weighted by Crippen LogP contribution is 2.20. The van der Waals surface area contributed by atoms with Crippen molar-refractivity contribution in [1.29, 1.82) is 0 Å². The largest absolute Gasteiger partial charge is 0.500 e.